The lowest BCUT2D eigenvalue weighted by Crippen LogP contribution is -2.33. The normalized spacial score (nSPS) is 21.0. The highest BCUT2D eigenvalue weighted by Crippen LogP contribution is 2.33. The highest BCUT2D eigenvalue weighted by Gasteiger charge is 2.23. The number of nitrogens with one attached hydrogen (secondary N) is 2. The fourth-order valence-corrected chi connectivity index (χ4v) is 4.69. The Morgan fingerprint density at radius 3 is 2.41 bits per heavy atom. The van der Waals surface area contributed by atoms with Crippen LogP contribution in [0.1, 0.15) is 63.0 Å². The Hall–Kier alpha value is -2.16. The Labute approximate surface area is 201 Å². The van der Waals surface area contributed by atoms with Gasteiger partial charge in [-0.2, -0.15) is 9.97 Å². The second-order valence-corrected chi connectivity index (χ2v) is 8.62. The fraction of sp³-hybridized carbons (Fsp3) is 0.545. The molecule has 32 heavy (non-hydrogen) atoms. The van der Waals surface area contributed by atoms with E-state index in [4.69, 9.17) is 20.7 Å². The first-order valence-electron chi connectivity index (χ1n) is 11.2. The van der Waals surface area contributed by atoms with Crippen LogP contribution in [-0.2, 0) is 6.54 Å². The van der Waals surface area contributed by atoms with Crippen molar-refractivity contribution in [2.24, 2.45) is 5.73 Å². The van der Waals surface area contributed by atoms with E-state index in [1.54, 1.807) is 0 Å². The van der Waals surface area contributed by atoms with Gasteiger partial charge in [0.2, 0.25) is 5.95 Å². The van der Waals surface area contributed by atoms with Crippen LogP contribution in [0.3, 0.4) is 0 Å². The van der Waals surface area contributed by atoms with Gasteiger partial charge in [0.1, 0.15) is 0 Å². The summed E-state index contributed by atoms with van der Waals surface area (Å²) in [4.78, 5) is 18.5. The van der Waals surface area contributed by atoms with E-state index in [2.05, 4.69) is 20.2 Å². The van der Waals surface area contributed by atoms with Crippen molar-refractivity contribution in [3.8, 4) is 0 Å². The van der Waals surface area contributed by atoms with Gasteiger partial charge in [-0.25, -0.2) is 4.98 Å². The van der Waals surface area contributed by atoms with Gasteiger partial charge in [0.25, 0.3) is 0 Å². The number of fused-ring (bicyclic) bond motifs is 1. The summed E-state index contributed by atoms with van der Waals surface area (Å²) in [5.41, 5.74) is 8.99. The van der Waals surface area contributed by atoms with E-state index in [1.807, 2.05) is 30.9 Å². The molecular formula is C22H32Cl2N8. The fourth-order valence-electron chi connectivity index (χ4n) is 4.69. The van der Waals surface area contributed by atoms with E-state index in [0.717, 1.165) is 48.2 Å². The van der Waals surface area contributed by atoms with Crippen LogP contribution in [0.5, 0.6) is 0 Å². The van der Waals surface area contributed by atoms with E-state index in [9.17, 15) is 0 Å². The number of hydrogen-bond acceptors (Lipinski definition) is 7. The van der Waals surface area contributed by atoms with Crippen molar-refractivity contribution in [3.05, 3.63) is 36.4 Å². The minimum atomic E-state index is 0. The molecule has 0 saturated heterocycles. The number of pyridine rings is 1. The quantitative estimate of drug-likeness (QED) is 0.479. The highest BCUT2D eigenvalue weighted by molar-refractivity contribution is 5.86. The van der Waals surface area contributed by atoms with Gasteiger partial charge < -0.3 is 20.9 Å². The Kier molecular flexibility index (Phi) is 8.51. The third-order valence-corrected chi connectivity index (χ3v) is 6.45. The molecule has 174 valence electrons. The molecule has 3 aromatic heterocycles. The number of hydrogen-bond donors (Lipinski definition) is 3. The second-order valence-electron chi connectivity index (χ2n) is 8.62. The summed E-state index contributed by atoms with van der Waals surface area (Å²) in [6.07, 6.45) is 14.7. The Morgan fingerprint density at radius 2 is 1.69 bits per heavy atom. The molecule has 0 aliphatic heterocycles. The van der Waals surface area contributed by atoms with Crippen molar-refractivity contribution in [3.63, 3.8) is 0 Å². The molecule has 3 heterocycles. The van der Waals surface area contributed by atoms with Crippen LogP contribution < -0.4 is 16.4 Å². The Bertz CT molecular complexity index is 982. The van der Waals surface area contributed by atoms with E-state index >= 15 is 0 Å². The van der Waals surface area contributed by atoms with E-state index < -0.39 is 0 Å². The summed E-state index contributed by atoms with van der Waals surface area (Å²) in [6, 6.07) is 5.20. The molecule has 4 N–H and O–H groups in total. The molecule has 0 unspecified atom stereocenters. The van der Waals surface area contributed by atoms with Crippen LogP contribution in [0.4, 0.5) is 11.8 Å². The molecule has 10 heteroatoms. The molecule has 0 amide bonds. The molecule has 0 bridgehead atoms. The minimum absolute atomic E-state index is 0. The Morgan fingerprint density at radius 1 is 0.969 bits per heavy atom. The first-order valence-corrected chi connectivity index (χ1v) is 11.2. The molecule has 0 atom stereocenters. The smallest absolute Gasteiger partial charge is 0.227 e. The van der Waals surface area contributed by atoms with Crippen molar-refractivity contribution >= 4 is 47.7 Å². The number of anilines is 2. The molecule has 2 saturated carbocycles. The maximum absolute atomic E-state index is 6.07. The summed E-state index contributed by atoms with van der Waals surface area (Å²) in [7, 11) is 0. The van der Waals surface area contributed by atoms with Crippen LogP contribution >= 0.6 is 24.8 Å². The topological polar surface area (TPSA) is 107 Å². The van der Waals surface area contributed by atoms with Crippen molar-refractivity contribution in [1.29, 1.82) is 0 Å². The lowest BCUT2D eigenvalue weighted by Gasteiger charge is -2.27. The monoisotopic (exact) mass is 478 g/mol. The van der Waals surface area contributed by atoms with E-state index in [1.165, 1.54) is 25.7 Å². The van der Waals surface area contributed by atoms with Gasteiger partial charge >= 0.3 is 0 Å². The zero-order valence-electron chi connectivity index (χ0n) is 18.1. The van der Waals surface area contributed by atoms with Gasteiger partial charge in [-0.15, -0.1) is 24.8 Å². The van der Waals surface area contributed by atoms with Crippen LogP contribution in [-0.4, -0.2) is 36.6 Å². The van der Waals surface area contributed by atoms with Crippen molar-refractivity contribution in [2.75, 3.05) is 10.6 Å². The number of halogens is 2. The maximum Gasteiger partial charge on any atom is 0.227 e. The molecule has 3 aromatic rings. The molecule has 8 nitrogen and oxygen atoms in total. The van der Waals surface area contributed by atoms with Gasteiger partial charge in [-0.3, -0.25) is 4.98 Å². The molecule has 0 radical (unpaired) electrons. The second kappa shape index (κ2) is 11.1. The number of nitrogens with two attached hydrogens (primary N) is 1. The Balaban J connectivity index is 0.00000144. The van der Waals surface area contributed by atoms with Crippen molar-refractivity contribution in [2.45, 2.75) is 76.0 Å². The molecule has 2 aliphatic rings. The third-order valence-electron chi connectivity index (χ3n) is 6.45. The zero-order valence-corrected chi connectivity index (χ0v) is 19.7. The lowest BCUT2D eigenvalue weighted by atomic mass is 9.92. The number of rotatable bonds is 6. The predicted molar refractivity (Wildman–Crippen MR) is 133 cm³/mol. The summed E-state index contributed by atoms with van der Waals surface area (Å²) < 4.78 is 2.25. The molecule has 2 fully saturated rings. The van der Waals surface area contributed by atoms with Crippen LogP contribution in [0.25, 0.3) is 11.2 Å². The average molecular weight is 479 g/mol. The zero-order chi connectivity index (χ0) is 20.3. The van der Waals surface area contributed by atoms with Gasteiger partial charge in [-0.1, -0.05) is 12.8 Å². The van der Waals surface area contributed by atoms with Crippen LogP contribution in [0.2, 0.25) is 0 Å². The van der Waals surface area contributed by atoms with Crippen LogP contribution in [0, 0.1) is 0 Å². The molecule has 5 rings (SSSR count). The van der Waals surface area contributed by atoms with Gasteiger partial charge in [0.05, 0.1) is 6.33 Å². The SMILES string of the molecule is Cl.Cl.NC1CCC(Nc2nc(NCc3ccncc3)c3ncn(C4CCCC4)c3n2)CC1. The van der Waals surface area contributed by atoms with Gasteiger partial charge in [0.15, 0.2) is 17.0 Å². The van der Waals surface area contributed by atoms with E-state index in [0.29, 0.717) is 30.6 Å². The number of aromatic nitrogens is 5. The first-order chi connectivity index (χ1) is 14.8. The predicted octanol–water partition coefficient (Wildman–Crippen LogP) is 4.47. The molecular weight excluding hydrogens is 447 g/mol. The van der Waals surface area contributed by atoms with Crippen LogP contribution in [0.15, 0.2) is 30.9 Å². The highest BCUT2D eigenvalue weighted by atomic mass is 35.5. The standard InChI is InChI=1S/C22H30N8.2ClH/c23-16-5-7-17(8-6-16)27-22-28-20(25-13-15-9-11-24-12-10-15)19-21(29-22)30(14-26-19)18-3-1-2-4-18;;/h9-12,14,16-18H,1-8,13,23H2,(H2,25,27,28,29);2*1H. The molecule has 2 aliphatic carbocycles. The number of nitrogens with zero attached hydrogens (tertiary/aromatic N) is 5. The lowest BCUT2D eigenvalue weighted by molar-refractivity contribution is 0.410. The van der Waals surface area contributed by atoms with Gasteiger partial charge in [-0.05, 0) is 56.2 Å². The van der Waals surface area contributed by atoms with Crippen molar-refractivity contribution < 1.29 is 0 Å². The molecule has 0 aromatic carbocycles. The minimum Gasteiger partial charge on any atom is -0.364 e. The molecule has 0 spiro atoms. The van der Waals surface area contributed by atoms with E-state index in [-0.39, 0.29) is 24.8 Å². The maximum atomic E-state index is 6.07. The average Bonchev–Trinajstić information content (AvgIpc) is 3.44. The largest absolute Gasteiger partial charge is 0.364 e. The summed E-state index contributed by atoms with van der Waals surface area (Å²) in [5, 5.41) is 7.05. The summed E-state index contributed by atoms with van der Waals surface area (Å²) in [5.74, 6) is 1.46. The van der Waals surface area contributed by atoms with Gasteiger partial charge in [0, 0.05) is 37.1 Å². The third kappa shape index (κ3) is 5.42. The first kappa shape index (κ1) is 24.5. The number of imidazole rings is 1. The van der Waals surface area contributed by atoms with Crippen molar-refractivity contribution in [1.82, 2.24) is 24.5 Å². The summed E-state index contributed by atoms with van der Waals surface area (Å²) in [6.45, 7) is 0.669. The summed E-state index contributed by atoms with van der Waals surface area (Å²) >= 11 is 0.